The van der Waals surface area contributed by atoms with E-state index in [1.807, 2.05) is 0 Å². The first-order chi connectivity index (χ1) is 14.8. The number of hydrogen-bond acceptors (Lipinski definition) is 5. The Kier molecular flexibility index (Phi) is 7.90. The molecule has 1 N–H and O–H groups in total. The van der Waals surface area contributed by atoms with Crippen LogP contribution < -0.4 is 10.1 Å². The van der Waals surface area contributed by atoms with E-state index in [0.29, 0.717) is 35.4 Å². The summed E-state index contributed by atoms with van der Waals surface area (Å²) in [5.74, 6) is -2.85. The highest BCUT2D eigenvalue weighted by Crippen LogP contribution is 2.28. The third-order valence-corrected chi connectivity index (χ3v) is 7.57. The van der Waals surface area contributed by atoms with Crippen molar-refractivity contribution in [3.63, 3.8) is 0 Å². The molecule has 0 saturated carbocycles. The summed E-state index contributed by atoms with van der Waals surface area (Å²) in [6, 6.07) is 10.2. The molecule has 2 aromatic rings. The predicted molar refractivity (Wildman–Crippen MR) is 116 cm³/mol. The van der Waals surface area contributed by atoms with Crippen molar-refractivity contribution >= 4 is 33.4 Å². The van der Waals surface area contributed by atoms with Crippen LogP contribution in [0.25, 0.3) is 0 Å². The van der Waals surface area contributed by atoms with Crippen molar-refractivity contribution in [2.75, 3.05) is 25.5 Å². The van der Waals surface area contributed by atoms with Gasteiger partial charge in [0.25, 0.3) is 11.7 Å². The normalized spacial score (nSPS) is 15.5. The van der Waals surface area contributed by atoms with Crippen LogP contribution in [-0.4, -0.2) is 44.6 Å². The number of methoxy groups -OCH3 is 1. The van der Waals surface area contributed by atoms with Crippen molar-refractivity contribution < 1.29 is 26.7 Å². The van der Waals surface area contributed by atoms with Gasteiger partial charge in [-0.25, -0.2) is 8.42 Å². The Hall–Kier alpha value is -2.17. The van der Waals surface area contributed by atoms with E-state index in [1.54, 1.807) is 0 Å². The summed E-state index contributed by atoms with van der Waals surface area (Å²) in [6.07, 6.45) is 3.61. The van der Waals surface area contributed by atoms with Crippen LogP contribution in [-0.2, 0) is 10.0 Å². The van der Waals surface area contributed by atoms with Gasteiger partial charge >= 0.3 is 0 Å². The first-order valence-corrected chi connectivity index (χ1v) is 12.2. The SMILES string of the molecule is COc1ccc(S(=O)(=O)N2CCCCCC2)cc1C(=O)Nc1ccc(SC(F)F)cc1. The fraction of sp³-hybridized carbons (Fsp3) is 0.381. The van der Waals surface area contributed by atoms with Crippen LogP contribution in [0.1, 0.15) is 36.0 Å². The summed E-state index contributed by atoms with van der Waals surface area (Å²) in [6.45, 7) is 0.914. The molecule has 1 fully saturated rings. The number of hydrogen-bond donors (Lipinski definition) is 1. The summed E-state index contributed by atoms with van der Waals surface area (Å²) < 4.78 is 57.8. The van der Waals surface area contributed by atoms with Crippen LogP contribution in [0.15, 0.2) is 52.3 Å². The molecule has 1 saturated heterocycles. The lowest BCUT2D eigenvalue weighted by Gasteiger charge is -2.20. The number of sulfonamides is 1. The van der Waals surface area contributed by atoms with Gasteiger partial charge < -0.3 is 10.1 Å². The van der Waals surface area contributed by atoms with Gasteiger partial charge in [-0.05, 0) is 55.3 Å². The molecule has 0 radical (unpaired) electrons. The molecule has 0 bridgehead atoms. The number of alkyl halides is 2. The molecular weight excluding hydrogens is 446 g/mol. The number of anilines is 1. The Labute approximate surface area is 185 Å². The molecule has 31 heavy (non-hydrogen) atoms. The second-order valence-corrected chi connectivity index (χ2v) is 10.0. The van der Waals surface area contributed by atoms with E-state index < -0.39 is 21.7 Å². The molecule has 10 heteroatoms. The van der Waals surface area contributed by atoms with Gasteiger partial charge in [0.15, 0.2) is 0 Å². The molecule has 6 nitrogen and oxygen atoms in total. The monoisotopic (exact) mass is 470 g/mol. The molecule has 3 rings (SSSR count). The van der Waals surface area contributed by atoms with E-state index in [2.05, 4.69) is 5.32 Å². The molecule has 2 aromatic carbocycles. The minimum atomic E-state index is -3.73. The van der Waals surface area contributed by atoms with Gasteiger partial charge in [0, 0.05) is 23.7 Å². The van der Waals surface area contributed by atoms with E-state index in [-0.39, 0.29) is 16.2 Å². The maximum absolute atomic E-state index is 13.1. The van der Waals surface area contributed by atoms with Crippen molar-refractivity contribution in [3.05, 3.63) is 48.0 Å². The zero-order valence-electron chi connectivity index (χ0n) is 17.0. The Balaban J connectivity index is 1.83. The maximum Gasteiger partial charge on any atom is 0.288 e. The Bertz CT molecular complexity index is 1010. The van der Waals surface area contributed by atoms with Gasteiger partial charge in [0.05, 0.1) is 17.6 Å². The number of thioether (sulfide) groups is 1. The number of carbonyl (C=O) groups is 1. The van der Waals surface area contributed by atoms with Crippen LogP contribution in [0.2, 0.25) is 0 Å². The number of carbonyl (C=O) groups excluding carboxylic acids is 1. The second kappa shape index (κ2) is 10.4. The van der Waals surface area contributed by atoms with E-state index >= 15 is 0 Å². The van der Waals surface area contributed by atoms with Gasteiger partial charge in [-0.2, -0.15) is 13.1 Å². The fourth-order valence-corrected chi connectivity index (χ4v) is 5.42. The average molecular weight is 471 g/mol. The molecule has 1 heterocycles. The average Bonchev–Trinajstić information content (AvgIpc) is 3.04. The number of rotatable bonds is 7. The zero-order chi connectivity index (χ0) is 22.4. The third-order valence-electron chi connectivity index (χ3n) is 4.96. The molecule has 1 aliphatic heterocycles. The number of nitrogens with zero attached hydrogens (tertiary/aromatic N) is 1. The molecular formula is C21H24F2N2O4S2. The summed E-state index contributed by atoms with van der Waals surface area (Å²) in [4.78, 5) is 13.2. The minimum absolute atomic E-state index is 0.0315. The Morgan fingerprint density at radius 2 is 1.71 bits per heavy atom. The van der Waals surface area contributed by atoms with Gasteiger partial charge in [0.2, 0.25) is 10.0 Å². The first-order valence-electron chi connectivity index (χ1n) is 9.85. The smallest absolute Gasteiger partial charge is 0.288 e. The van der Waals surface area contributed by atoms with Gasteiger partial charge in [0.1, 0.15) is 5.75 Å². The van der Waals surface area contributed by atoms with E-state index in [9.17, 15) is 22.0 Å². The van der Waals surface area contributed by atoms with Crippen LogP contribution in [0, 0.1) is 0 Å². The highest BCUT2D eigenvalue weighted by molar-refractivity contribution is 7.99. The highest BCUT2D eigenvalue weighted by Gasteiger charge is 2.27. The molecule has 0 atom stereocenters. The number of nitrogens with one attached hydrogen (secondary N) is 1. The van der Waals surface area contributed by atoms with Gasteiger partial charge in [-0.1, -0.05) is 24.6 Å². The van der Waals surface area contributed by atoms with Crippen molar-refractivity contribution in [2.24, 2.45) is 0 Å². The Morgan fingerprint density at radius 3 is 2.29 bits per heavy atom. The van der Waals surface area contributed by atoms with Crippen molar-refractivity contribution in [1.82, 2.24) is 4.31 Å². The van der Waals surface area contributed by atoms with Crippen LogP contribution in [0.5, 0.6) is 5.75 Å². The third kappa shape index (κ3) is 5.96. The fourth-order valence-electron chi connectivity index (χ4n) is 3.37. The molecule has 1 aliphatic rings. The number of amides is 1. The van der Waals surface area contributed by atoms with E-state index in [4.69, 9.17) is 4.74 Å². The highest BCUT2D eigenvalue weighted by atomic mass is 32.2. The molecule has 0 aromatic heterocycles. The maximum atomic E-state index is 13.1. The molecule has 0 unspecified atom stereocenters. The van der Waals surface area contributed by atoms with Crippen LogP contribution in [0.3, 0.4) is 0 Å². The van der Waals surface area contributed by atoms with Crippen molar-refractivity contribution in [3.8, 4) is 5.75 Å². The van der Waals surface area contributed by atoms with Gasteiger partial charge in [-0.3, -0.25) is 4.79 Å². The van der Waals surface area contributed by atoms with Crippen LogP contribution in [0.4, 0.5) is 14.5 Å². The minimum Gasteiger partial charge on any atom is -0.496 e. The summed E-state index contributed by atoms with van der Waals surface area (Å²) >= 11 is 0.411. The number of ether oxygens (including phenoxy) is 1. The van der Waals surface area contributed by atoms with Crippen molar-refractivity contribution in [1.29, 1.82) is 0 Å². The lowest BCUT2D eigenvalue weighted by molar-refractivity contribution is 0.102. The summed E-state index contributed by atoms with van der Waals surface area (Å²) in [5, 5.41) is 2.66. The molecule has 0 spiro atoms. The zero-order valence-corrected chi connectivity index (χ0v) is 18.6. The first kappa shape index (κ1) is 23.5. The topological polar surface area (TPSA) is 75.7 Å². The van der Waals surface area contributed by atoms with E-state index in [1.165, 1.54) is 53.9 Å². The van der Waals surface area contributed by atoms with Gasteiger partial charge in [-0.15, -0.1) is 0 Å². The molecule has 1 amide bonds. The lowest BCUT2D eigenvalue weighted by Crippen LogP contribution is -2.32. The standard InChI is InChI=1S/C21H24F2N2O4S2/c1-29-19-11-10-17(31(27,28)25-12-4-2-3-5-13-25)14-18(19)20(26)24-15-6-8-16(9-7-15)30-21(22)23/h6-11,14,21H,2-5,12-13H2,1H3,(H,24,26). The predicted octanol–water partition coefficient (Wildman–Crippen LogP) is 4.83. The summed E-state index contributed by atoms with van der Waals surface area (Å²) in [7, 11) is -2.34. The molecule has 168 valence electrons. The second-order valence-electron chi connectivity index (χ2n) is 7.04. The lowest BCUT2D eigenvalue weighted by atomic mass is 10.2. The van der Waals surface area contributed by atoms with E-state index in [0.717, 1.165) is 25.7 Å². The van der Waals surface area contributed by atoms with Crippen molar-refractivity contribution in [2.45, 2.75) is 41.2 Å². The Morgan fingerprint density at radius 1 is 1.06 bits per heavy atom. The number of halogens is 2. The summed E-state index contributed by atoms with van der Waals surface area (Å²) in [5.41, 5.74) is 0.468. The number of benzene rings is 2. The largest absolute Gasteiger partial charge is 0.496 e. The van der Waals surface area contributed by atoms with Crippen LogP contribution >= 0.6 is 11.8 Å². The quantitative estimate of drug-likeness (QED) is 0.587. The molecule has 0 aliphatic carbocycles.